The van der Waals surface area contributed by atoms with Gasteiger partial charge in [0.2, 0.25) is 0 Å². The lowest BCUT2D eigenvalue weighted by Gasteiger charge is -2.05. The fraction of sp³-hybridized carbons (Fsp3) is 0.267. The second kappa shape index (κ2) is 5.75. The number of benzene rings is 1. The summed E-state index contributed by atoms with van der Waals surface area (Å²) < 4.78 is 16.9. The summed E-state index contributed by atoms with van der Waals surface area (Å²) >= 11 is 7.67. The van der Waals surface area contributed by atoms with E-state index in [9.17, 15) is 4.39 Å². The van der Waals surface area contributed by atoms with Crippen LogP contribution in [0.2, 0.25) is 5.02 Å². The summed E-state index contributed by atoms with van der Waals surface area (Å²) in [6, 6.07) is 5.20. The molecule has 0 aliphatic rings. The van der Waals surface area contributed by atoms with E-state index < -0.39 is 0 Å². The standard InChI is InChI=1S/C15H15ClFN3S/c1-9-11(16)8-20(19-9)7-10-14(6-18-2)21-13-5-3-4-12(17)15(10)13/h3-5,8,18H,6-7H2,1-2H3. The van der Waals surface area contributed by atoms with Crippen LogP contribution in [-0.2, 0) is 13.1 Å². The molecule has 0 fully saturated rings. The molecule has 3 aromatic rings. The molecule has 6 heteroatoms. The second-order valence-electron chi connectivity index (χ2n) is 4.91. The minimum atomic E-state index is -0.184. The monoisotopic (exact) mass is 323 g/mol. The average molecular weight is 324 g/mol. The summed E-state index contributed by atoms with van der Waals surface area (Å²) in [5, 5.41) is 8.83. The van der Waals surface area contributed by atoms with Gasteiger partial charge in [0.1, 0.15) is 5.82 Å². The van der Waals surface area contributed by atoms with Crippen molar-refractivity contribution in [1.29, 1.82) is 0 Å². The van der Waals surface area contributed by atoms with E-state index >= 15 is 0 Å². The molecule has 0 amide bonds. The Morgan fingerprint density at radius 2 is 2.24 bits per heavy atom. The normalized spacial score (nSPS) is 11.4. The molecule has 0 aliphatic carbocycles. The fourth-order valence-corrected chi connectivity index (χ4v) is 3.81. The predicted molar refractivity (Wildman–Crippen MR) is 85.6 cm³/mol. The molecule has 3 nitrogen and oxygen atoms in total. The zero-order chi connectivity index (χ0) is 15.0. The summed E-state index contributed by atoms with van der Waals surface area (Å²) in [4.78, 5) is 1.13. The molecule has 3 rings (SSSR count). The molecule has 0 atom stereocenters. The predicted octanol–water partition coefficient (Wildman–Crippen LogP) is 3.97. The first-order chi connectivity index (χ1) is 10.1. The van der Waals surface area contributed by atoms with Crippen molar-refractivity contribution >= 4 is 33.0 Å². The zero-order valence-corrected chi connectivity index (χ0v) is 13.4. The Morgan fingerprint density at radius 3 is 2.90 bits per heavy atom. The highest BCUT2D eigenvalue weighted by atomic mass is 35.5. The van der Waals surface area contributed by atoms with Crippen molar-refractivity contribution in [2.45, 2.75) is 20.0 Å². The second-order valence-corrected chi connectivity index (χ2v) is 6.45. The van der Waals surface area contributed by atoms with Crippen LogP contribution in [0.15, 0.2) is 24.4 Å². The summed E-state index contributed by atoms with van der Waals surface area (Å²) in [7, 11) is 1.89. The van der Waals surface area contributed by atoms with Crippen LogP contribution in [0.4, 0.5) is 4.39 Å². The van der Waals surface area contributed by atoms with E-state index in [1.165, 1.54) is 6.07 Å². The maximum absolute atomic E-state index is 14.2. The smallest absolute Gasteiger partial charge is 0.132 e. The first-order valence-electron chi connectivity index (χ1n) is 6.63. The zero-order valence-electron chi connectivity index (χ0n) is 11.8. The topological polar surface area (TPSA) is 29.9 Å². The molecule has 0 aliphatic heterocycles. The van der Waals surface area contributed by atoms with Crippen molar-refractivity contribution in [2.24, 2.45) is 0 Å². The number of nitrogens with zero attached hydrogens (tertiary/aromatic N) is 2. The van der Waals surface area contributed by atoms with Crippen LogP contribution in [0.5, 0.6) is 0 Å². The van der Waals surface area contributed by atoms with Gasteiger partial charge < -0.3 is 5.32 Å². The van der Waals surface area contributed by atoms with Gasteiger partial charge >= 0.3 is 0 Å². The van der Waals surface area contributed by atoms with Gasteiger partial charge in [-0.1, -0.05) is 17.7 Å². The summed E-state index contributed by atoms with van der Waals surface area (Å²) in [6.45, 7) is 3.09. The maximum Gasteiger partial charge on any atom is 0.132 e. The van der Waals surface area contributed by atoms with Crippen LogP contribution in [0.3, 0.4) is 0 Å². The molecule has 0 saturated heterocycles. The average Bonchev–Trinajstić information content (AvgIpc) is 2.93. The van der Waals surface area contributed by atoms with Gasteiger partial charge in [-0.05, 0) is 31.7 Å². The lowest BCUT2D eigenvalue weighted by Crippen LogP contribution is -2.08. The minimum absolute atomic E-state index is 0.184. The van der Waals surface area contributed by atoms with Crippen LogP contribution in [0.25, 0.3) is 10.1 Å². The number of fused-ring (bicyclic) bond motifs is 1. The van der Waals surface area contributed by atoms with Crippen LogP contribution >= 0.6 is 22.9 Å². The molecular weight excluding hydrogens is 309 g/mol. The van der Waals surface area contributed by atoms with Gasteiger partial charge in [0.15, 0.2) is 0 Å². The molecule has 2 aromatic heterocycles. The van der Waals surface area contributed by atoms with E-state index in [1.807, 2.05) is 20.0 Å². The molecule has 2 heterocycles. The number of halogens is 2. The quantitative estimate of drug-likeness (QED) is 0.787. The highest BCUT2D eigenvalue weighted by Gasteiger charge is 2.16. The number of aromatic nitrogens is 2. The van der Waals surface area contributed by atoms with E-state index in [0.717, 1.165) is 20.8 Å². The number of hydrogen-bond donors (Lipinski definition) is 1. The lowest BCUT2D eigenvalue weighted by molar-refractivity contribution is 0.633. The summed E-state index contributed by atoms with van der Waals surface area (Å²) in [6.07, 6.45) is 1.78. The van der Waals surface area contributed by atoms with Crippen molar-refractivity contribution in [3.63, 3.8) is 0 Å². The van der Waals surface area contributed by atoms with Crippen molar-refractivity contribution in [3.8, 4) is 0 Å². The molecule has 0 unspecified atom stereocenters. The van der Waals surface area contributed by atoms with Gasteiger partial charge in [-0.3, -0.25) is 4.68 Å². The largest absolute Gasteiger partial charge is 0.315 e. The van der Waals surface area contributed by atoms with Crippen molar-refractivity contribution in [3.05, 3.63) is 51.4 Å². The SMILES string of the molecule is CNCc1sc2cccc(F)c2c1Cn1cc(Cl)c(C)n1. The summed E-state index contributed by atoms with van der Waals surface area (Å²) in [5.74, 6) is -0.184. The van der Waals surface area contributed by atoms with E-state index in [4.69, 9.17) is 11.6 Å². The van der Waals surface area contributed by atoms with E-state index in [1.54, 1.807) is 28.3 Å². The van der Waals surface area contributed by atoms with Gasteiger partial charge in [-0.15, -0.1) is 11.3 Å². The van der Waals surface area contributed by atoms with E-state index in [-0.39, 0.29) is 5.82 Å². The molecular formula is C15H15ClFN3S. The minimum Gasteiger partial charge on any atom is -0.315 e. The van der Waals surface area contributed by atoms with Crippen molar-refractivity contribution < 1.29 is 4.39 Å². The molecule has 1 aromatic carbocycles. The van der Waals surface area contributed by atoms with Gasteiger partial charge in [0.25, 0.3) is 0 Å². The Labute approximate surface area is 131 Å². The molecule has 0 bridgehead atoms. The maximum atomic E-state index is 14.2. The van der Waals surface area contributed by atoms with Gasteiger partial charge in [-0.25, -0.2) is 4.39 Å². The molecule has 110 valence electrons. The number of hydrogen-bond acceptors (Lipinski definition) is 3. The van der Waals surface area contributed by atoms with Gasteiger partial charge in [0.05, 0.1) is 17.3 Å². The number of thiophene rings is 1. The van der Waals surface area contributed by atoms with Crippen molar-refractivity contribution in [1.82, 2.24) is 15.1 Å². The Balaban J connectivity index is 2.12. The molecule has 21 heavy (non-hydrogen) atoms. The molecule has 0 spiro atoms. The molecule has 0 saturated carbocycles. The third kappa shape index (κ3) is 2.69. The number of aryl methyl sites for hydroxylation is 1. The Kier molecular flexibility index (Phi) is 3.97. The highest BCUT2D eigenvalue weighted by molar-refractivity contribution is 7.19. The van der Waals surface area contributed by atoms with Gasteiger partial charge in [-0.2, -0.15) is 5.10 Å². The first kappa shape index (κ1) is 14.5. The van der Waals surface area contributed by atoms with Crippen LogP contribution in [-0.4, -0.2) is 16.8 Å². The van der Waals surface area contributed by atoms with Crippen LogP contribution < -0.4 is 5.32 Å². The number of nitrogens with one attached hydrogen (secondary N) is 1. The van der Waals surface area contributed by atoms with E-state index in [0.29, 0.717) is 23.5 Å². The third-order valence-electron chi connectivity index (χ3n) is 3.39. The summed E-state index contributed by atoms with van der Waals surface area (Å²) in [5.41, 5.74) is 1.76. The Hall–Kier alpha value is -1.43. The van der Waals surface area contributed by atoms with Crippen molar-refractivity contribution in [2.75, 3.05) is 7.05 Å². The Bertz CT molecular complexity index is 774. The Morgan fingerprint density at radius 1 is 1.43 bits per heavy atom. The number of rotatable bonds is 4. The van der Waals surface area contributed by atoms with Crippen LogP contribution in [0.1, 0.15) is 16.1 Å². The molecule has 0 radical (unpaired) electrons. The fourth-order valence-electron chi connectivity index (χ4n) is 2.42. The van der Waals surface area contributed by atoms with E-state index in [2.05, 4.69) is 10.4 Å². The molecule has 1 N–H and O–H groups in total. The first-order valence-corrected chi connectivity index (χ1v) is 7.82. The highest BCUT2D eigenvalue weighted by Crippen LogP contribution is 2.34. The van der Waals surface area contributed by atoms with Gasteiger partial charge in [0, 0.05) is 27.7 Å². The lowest BCUT2D eigenvalue weighted by atomic mass is 10.1. The third-order valence-corrected chi connectivity index (χ3v) is 4.96. The van der Waals surface area contributed by atoms with Crippen LogP contribution in [0, 0.1) is 12.7 Å².